The van der Waals surface area contributed by atoms with Gasteiger partial charge in [0.15, 0.2) is 0 Å². The fourth-order valence-corrected chi connectivity index (χ4v) is 5.06. The molecule has 0 radical (unpaired) electrons. The Morgan fingerprint density at radius 2 is 1.54 bits per heavy atom. The second-order valence-electron chi connectivity index (χ2n) is 8.65. The van der Waals surface area contributed by atoms with Gasteiger partial charge in [0.2, 0.25) is 11.8 Å². The average Bonchev–Trinajstić information content (AvgIpc) is 2.87. The van der Waals surface area contributed by atoms with Gasteiger partial charge in [-0.1, -0.05) is 95.7 Å². The first-order valence-corrected chi connectivity index (χ1v) is 13.9. The number of hydrogen-bond donors (Lipinski definition) is 1. The van der Waals surface area contributed by atoms with Crippen molar-refractivity contribution < 1.29 is 9.59 Å². The lowest BCUT2D eigenvalue weighted by molar-refractivity contribution is -0.139. The van der Waals surface area contributed by atoms with E-state index in [-0.39, 0.29) is 17.9 Å². The summed E-state index contributed by atoms with van der Waals surface area (Å²) in [5, 5.41) is 3.12. The molecule has 35 heavy (non-hydrogen) atoms. The van der Waals surface area contributed by atoms with Crippen molar-refractivity contribution in [2.75, 3.05) is 5.75 Å². The van der Waals surface area contributed by atoms with Gasteiger partial charge in [0.25, 0.3) is 0 Å². The van der Waals surface area contributed by atoms with E-state index in [0.717, 1.165) is 27.8 Å². The molecular weight excluding hydrogens is 520 g/mol. The molecule has 4 nitrogen and oxygen atoms in total. The predicted octanol–water partition coefficient (Wildman–Crippen LogP) is 6.24. The van der Waals surface area contributed by atoms with Crippen LogP contribution in [0.1, 0.15) is 37.0 Å². The predicted molar refractivity (Wildman–Crippen MR) is 149 cm³/mol. The van der Waals surface area contributed by atoms with Crippen molar-refractivity contribution in [3.05, 3.63) is 106 Å². The molecule has 0 aromatic heterocycles. The van der Waals surface area contributed by atoms with E-state index < -0.39 is 6.04 Å². The zero-order valence-corrected chi connectivity index (χ0v) is 22.7. The minimum atomic E-state index is -0.602. The number of nitrogens with zero attached hydrogens (tertiary/aromatic N) is 1. The van der Waals surface area contributed by atoms with E-state index in [1.165, 1.54) is 5.56 Å². The number of halogens is 1. The van der Waals surface area contributed by atoms with Crippen LogP contribution in [0, 0.1) is 0 Å². The monoisotopic (exact) mass is 552 g/mol. The van der Waals surface area contributed by atoms with E-state index in [1.54, 1.807) is 16.7 Å². The second kappa shape index (κ2) is 14.1. The molecule has 2 amide bonds. The van der Waals surface area contributed by atoms with Gasteiger partial charge in [-0.15, -0.1) is 11.8 Å². The number of thioether (sulfide) groups is 1. The zero-order valence-electron chi connectivity index (χ0n) is 20.3. The fraction of sp³-hybridized carbons (Fsp3) is 0.310. The molecule has 2 atom stereocenters. The first-order valence-electron chi connectivity index (χ1n) is 12.0. The summed E-state index contributed by atoms with van der Waals surface area (Å²) >= 11 is 5.11. The van der Waals surface area contributed by atoms with E-state index >= 15 is 0 Å². The minimum Gasteiger partial charge on any atom is -0.352 e. The van der Waals surface area contributed by atoms with Crippen LogP contribution in [0.4, 0.5) is 0 Å². The summed E-state index contributed by atoms with van der Waals surface area (Å²) in [7, 11) is 0. The highest BCUT2D eigenvalue weighted by atomic mass is 79.9. The summed E-state index contributed by atoms with van der Waals surface area (Å²) in [5.41, 5.74) is 3.19. The normalized spacial score (nSPS) is 12.5. The topological polar surface area (TPSA) is 49.4 Å². The largest absolute Gasteiger partial charge is 0.352 e. The molecule has 0 fully saturated rings. The lowest BCUT2D eigenvalue weighted by atomic mass is 10.0. The summed E-state index contributed by atoms with van der Waals surface area (Å²) in [6, 6.07) is 27.4. The zero-order chi connectivity index (χ0) is 25.0. The van der Waals surface area contributed by atoms with Crippen molar-refractivity contribution in [2.45, 2.75) is 51.1 Å². The van der Waals surface area contributed by atoms with E-state index in [1.807, 2.05) is 86.6 Å². The van der Waals surface area contributed by atoms with Crippen molar-refractivity contribution in [3.8, 4) is 0 Å². The number of carbonyl (C=O) groups is 2. The fourth-order valence-electron chi connectivity index (χ4n) is 3.74. The van der Waals surface area contributed by atoms with Gasteiger partial charge in [-0.3, -0.25) is 9.59 Å². The Hall–Kier alpha value is -2.57. The molecule has 0 heterocycles. The average molecular weight is 554 g/mol. The van der Waals surface area contributed by atoms with Crippen LogP contribution in [0.3, 0.4) is 0 Å². The molecule has 0 aliphatic heterocycles. The van der Waals surface area contributed by atoms with Crippen LogP contribution in [0.15, 0.2) is 89.4 Å². The molecule has 1 N–H and O–H groups in total. The van der Waals surface area contributed by atoms with Gasteiger partial charge in [-0.25, -0.2) is 0 Å². The summed E-state index contributed by atoms with van der Waals surface area (Å²) in [6.45, 7) is 4.41. The molecule has 0 spiro atoms. The molecule has 0 aliphatic rings. The van der Waals surface area contributed by atoms with Gasteiger partial charge < -0.3 is 10.2 Å². The third-order valence-corrected chi connectivity index (χ3v) is 7.33. The van der Waals surface area contributed by atoms with Gasteiger partial charge in [0, 0.05) is 29.2 Å². The Labute approximate surface area is 221 Å². The molecule has 0 saturated carbocycles. The molecule has 0 unspecified atom stereocenters. The van der Waals surface area contributed by atoms with Gasteiger partial charge >= 0.3 is 0 Å². The maximum Gasteiger partial charge on any atom is 0.243 e. The summed E-state index contributed by atoms with van der Waals surface area (Å²) in [5.74, 6) is 0.913. The molecule has 3 aromatic rings. The standard InChI is InChI=1S/C29H33BrN2O2S/c1-3-22(2)31-29(34)27(18-23-11-6-4-7-12-23)32(19-25-15-10-16-26(30)17-25)28(33)21-35-20-24-13-8-5-9-14-24/h4-17,22,27H,3,18-21H2,1-2H3,(H,31,34)/t22-,27-/m0/s1. The van der Waals surface area contributed by atoms with Crippen molar-refractivity contribution in [1.29, 1.82) is 0 Å². The van der Waals surface area contributed by atoms with E-state index in [2.05, 4.69) is 33.4 Å². The van der Waals surface area contributed by atoms with Gasteiger partial charge in [-0.2, -0.15) is 0 Å². The molecule has 6 heteroatoms. The molecule has 0 bridgehead atoms. The smallest absolute Gasteiger partial charge is 0.243 e. The maximum absolute atomic E-state index is 13.6. The van der Waals surface area contributed by atoms with Crippen LogP contribution in [-0.4, -0.2) is 34.6 Å². The molecular formula is C29H33BrN2O2S. The Morgan fingerprint density at radius 3 is 2.17 bits per heavy atom. The minimum absolute atomic E-state index is 0.0360. The van der Waals surface area contributed by atoms with Crippen LogP contribution in [-0.2, 0) is 28.3 Å². The highest BCUT2D eigenvalue weighted by molar-refractivity contribution is 9.10. The van der Waals surface area contributed by atoms with Crippen LogP contribution in [0.5, 0.6) is 0 Å². The third-order valence-electron chi connectivity index (χ3n) is 5.85. The number of benzene rings is 3. The Kier molecular flexibility index (Phi) is 10.9. The highest BCUT2D eigenvalue weighted by Gasteiger charge is 2.30. The number of rotatable bonds is 12. The number of amides is 2. The lowest BCUT2D eigenvalue weighted by Gasteiger charge is -2.32. The summed E-state index contributed by atoms with van der Waals surface area (Å²) in [6.07, 6.45) is 1.29. The summed E-state index contributed by atoms with van der Waals surface area (Å²) in [4.78, 5) is 28.9. The van der Waals surface area contributed by atoms with Gasteiger partial charge in [0.1, 0.15) is 6.04 Å². The highest BCUT2D eigenvalue weighted by Crippen LogP contribution is 2.20. The van der Waals surface area contributed by atoms with Crippen molar-refractivity contribution in [2.24, 2.45) is 0 Å². The number of hydrogen-bond acceptors (Lipinski definition) is 3. The Morgan fingerprint density at radius 1 is 0.914 bits per heavy atom. The number of nitrogens with one attached hydrogen (secondary N) is 1. The van der Waals surface area contributed by atoms with Crippen LogP contribution < -0.4 is 5.32 Å². The van der Waals surface area contributed by atoms with Crippen molar-refractivity contribution >= 4 is 39.5 Å². The summed E-state index contributed by atoms with van der Waals surface area (Å²) < 4.78 is 0.949. The van der Waals surface area contributed by atoms with Crippen molar-refractivity contribution in [3.63, 3.8) is 0 Å². The second-order valence-corrected chi connectivity index (χ2v) is 10.6. The third kappa shape index (κ3) is 8.86. The van der Waals surface area contributed by atoms with Gasteiger partial charge in [0.05, 0.1) is 5.75 Å². The molecule has 0 aliphatic carbocycles. The molecule has 3 aromatic carbocycles. The number of carbonyl (C=O) groups excluding carboxylic acids is 2. The molecule has 184 valence electrons. The Bertz CT molecular complexity index is 1080. The van der Waals surface area contributed by atoms with Crippen LogP contribution in [0.25, 0.3) is 0 Å². The van der Waals surface area contributed by atoms with Crippen LogP contribution >= 0.6 is 27.7 Å². The SMILES string of the molecule is CC[C@H](C)NC(=O)[C@H](Cc1ccccc1)N(Cc1cccc(Br)c1)C(=O)CSCc1ccccc1. The maximum atomic E-state index is 13.6. The van der Waals surface area contributed by atoms with E-state index in [9.17, 15) is 9.59 Å². The quantitative estimate of drug-likeness (QED) is 0.289. The van der Waals surface area contributed by atoms with Crippen molar-refractivity contribution in [1.82, 2.24) is 10.2 Å². The lowest BCUT2D eigenvalue weighted by Crippen LogP contribution is -2.52. The van der Waals surface area contributed by atoms with Gasteiger partial charge in [-0.05, 0) is 42.2 Å². The molecule has 3 rings (SSSR count). The van der Waals surface area contributed by atoms with E-state index in [4.69, 9.17) is 0 Å². The molecule has 0 saturated heterocycles. The van der Waals surface area contributed by atoms with Crippen LogP contribution in [0.2, 0.25) is 0 Å². The Balaban J connectivity index is 1.86. The van der Waals surface area contributed by atoms with E-state index in [0.29, 0.717) is 18.7 Å². The first kappa shape index (κ1) is 27.0. The first-order chi connectivity index (χ1) is 17.0.